The minimum Gasteiger partial charge on any atom is -0.453 e. The Bertz CT molecular complexity index is 844. The van der Waals surface area contributed by atoms with Gasteiger partial charge >= 0.3 is 6.09 Å². The molecule has 10 nitrogen and oxygen atoms in total. The van der Waals surface area contributed by atoms with Crippen molar-refractivity contribution in [1.82, 2.24) is 16.0 Å². The van der Waals surface area contributed by atoms with E-state index in [4.69, 9.17) is 11.6 Å². The van der Waals surface area contributed by atoms with Crippen molar-refractivity contribution in [3.8, 4) is 0 Å². The first-order valence-electron chi connectivity index (χ1n) is 8.75. The molecule has 1 aliphatic heterocycles. The van der Waals surface area contributed by atoms with Gasteiger partial charge in [0.2, 0.25) is 11.7 Å². The molecule has 1 aromatic carbocycles. The zero-order valence-corrected chi connectivity index (χ0v) is 16.6. The lowest BCUT2D eigenvalue weighted by Gasteiger charge is -2.20. The molecule has 0 unspecified atom stereocenters. The highest BCUT2D eigenvalue weighted by Gasteiger charge is 2.34. The second kappa shape index (κ2) is 9.87. The van der Waals surface area contributed by atoms with E-state index in [1.807, 2.05) is 0 Å². The monoisotopic (exact) mass is 424 g/mol. The highest BCUT2D eigenvalue weighted by Crippen LogP contribution is 2.22. The fourth-order valence-electron chi connectivity index (χ4n) is 2.88. The molecule has 4 amide bonds. The number of amides is 4. The first-order valence-corrected chi connectivity index (χ1v) is 9.13. The quantitative estimate of drug-likeness (QED) is 0.468. The van der Waals surface area contributed by atoms with E-state index < -0.39 is 35.7 Å². The number of Topliss-reactive ketones (excluding diaryl/α,β-unsaturated/α-hetero) is 1. The highest BCUT2D eigenvalue weighted by molar-refractivity contribution is 6.38. The predicted octanol–water partition coefficient (Wildman–Crippen LogP) is 0.458. The van der Waals surface area contributed by atoms with Crippen LogP contribution in [0.25, 0.3) is 0 Å². The van der Waals surface area contributed by atoms with Crippen molar-refractivity contribution >= 4 is 46.9 Å². The smallest absolute Gasteiger partial charge is 0.411 e. The molecule has 1 heterocycles. The van der Waals surface area contributed by atoms with E-state index in [9.17, 15) is 24.0 Å². The topological polar surface area (TPSA) is 143 Å². The summed E-state index contributed by atoms with van der Waals surface area (Å²) in [6.45, 7) is 0.458. The molecule has 0 aliphatic carbocycles. The number of carbonyl (C=O) groups excluding carboxylic acids is 5. The Morgan fingerprint density at radius 2 is 2.03 bits per heavy atom. The lowest BCUT2D eigenvalue weighted by Crippen LogP contribution is -2.48. The van der Waals surface area contributed by atoms with Crippen molar-refractivity contribution in [1.29, 1.82) is 0 Å². The number of benzene rings is 1. The standard InChI is InChI=1S/C18H21ClN4O6/c1-20-17(27)14(24)13(7-9-5-6-21-15(9)25)22-16(26)11-8-10(19)3-4-12(11)23-18(28)29-2/h3-4,8-9,13H,5-7H2,1-2H3,(H,20,27)(H,21,25)(H,22,26)(H,23,28)/t9-,13-/m0/s1. The molecule has 0 saturated carbocycles. The molecule has 11 heteroatoms. The minimum atomic E-state index is -1.23. The van der Waals surface area contributed by atoms with Crippen LogP contribution in [0.2, 0.25) is 5.02 Å². The van der Waals surface area contributed by atoms with Gasteiger partial charge in [0.1, 0.15) is 0 Å². The van der Waals surface area contributed by atoms with Gasteiger partial charge in [0.25, 0.3) is 11.8 Å². The van der Waals surface area contributed by atoms with Gasteiger partial charge in [-0.15, -0.1) is 0 Å². The number of nitrogens with one attached hydrogen (secondary N) is 4. The number of halogens is 1. The predicted molar refractivity (Wildman–Crippen MR) is 104 cm³/mol. The Morgan fingerprint density at radius 1 is 1.31 bits per heavy atom. The Balaban J connectivity index is 2.27. The van der Waals surface area contributed by atoms with Crippen molar-refractivity contribution in [3.63, 3.8) is 0 Å². The zero-order valence-electron chi connectivity index (χ0n) is 15.8. The molecule has 0 spiro atoms. The van der Waals surface area contributed by atoms with E-state index in [-0.39, 0.29) is 28.6 Å². The van der Waals surface area contributed by atoms with E-state index in [1.54, 1.807) is 0 Å². The summed E-state index contributed by atoms with van der Waals surface area (Å²) in [6, 6.07) is 2.92. The van der Waals surface area contributed by atoms with Gasteiger partial charge in [-0.05, 0) is 31.0 Å². The molecular formula is C18H21ClN4O6. The largest absolute Gasteiger partial charge is 0.453 e. The second-order valence-corrected chi connectivity index (χ2v) is 6.72. The number of hydrogen-bond acceptors (Lipinski definition) is 6. The van der Waals surface area contributed by atoms with Crippen molar-refractivity contribution in [2.24, 2.45) is 5.92 Å². The Labute approximate surface area is 171 Å². The number of methoxy groups -OCH3 is 1. The van der Waals surface area contributed by atoms with Crippen molar-refractivity contribution in [2.75, 3.05) is 26.0 Å². The third-order valence-corrected chi connectivity index (χ3v) is 4.64. The summed E-state index contributed by atoms with van der Waals surface area (Å²) in [5, 5.41) is 9.93. The molecule has 4 N–H and O–H groups in total. The van der Waals surface area contributed by atoms with Crippen LogP contribution in [0.4, 0.5) is 10.5 Å². The van der Waals surface area contributed by atoms with Crippen LogP contribution < -0.4 is 21.3 Å². The summed E-state index contributed by atoms with van der Waals surface area (Å²) in [5.74, 6) is -3.29. The number of ether oxygens (including phenoxy) is 1. The minimum absolute atomic E-state index is 0.0338. The Morgan fingerprint density at radius 3 is 2.62 bits per heavy atom. The first-order chi connectivity index (χ1) is 13.8. The molecule has 0 radical (unpaired) electrons. The third kappa shape index (κ3) is 5.67. The lowest BCUT2D eigenvalue weighted by atomic mass is 9.95. The Hall–Kier alpha value is -3.14. The van der Waals surface area contributed by atoms with Gasteiger partial charge < -0.3 is 20.7 Å². The van der Waals surface area contributed by atoms with Gasteiger partial charge in [-0.1, -0.05) is 11.6 Å². The van der Waals surface area contributed by atoms with E-state index in [1.165, 1.54) is 25.2 Å². The summed E-state index contributed by atoms with van der Waals surface area (Å²) >= 11 is 5.95. The van der Waals surface area contributed by atoms with Crippen LogP contribution in [0.15, 0.2) is 18.2 Å². The molecule has 1 fully saturated rings. The van der Waals surface area contributed by atoms with Crippen LogP contribution in [-0.2, 0) is 19.1 Å². The maximum absolute atomic E-state index is 12.8. The Kier molecular flexibility index (Phi) is 7.54. The normalized spacial score (nSPS) is 16.4. The average molecular weight is 425 g/mol. The molecule has 156 valence electrons. The van der Waals surface area contributed by atoms with E-state index in [0.29, 0.717) is 13.0 Å². The number of likely N-dealkylation sites (N-methyl/N-ethyl adjacent to an activating group) is 1. The number of hydrogen-bond donors (Lipinski definition) is 4. The van der Waals surface area contributed by atoms with Crippen molar-refractivity contribution in [2.45, 2.75) is 18.9 Å². The number of rotatable bonds is 7. The van der Waals surface area contributed by atoms with Crippen LogP contribution in [0, 0.1) is 5.92 Å². The summed E-state index contributed by atoms with van der Waals surface area (Å²) in [6.07, 6.45) is -0.357. The fraction of sp³-hybridized carbons (Fsp3) is 0.389. The SMILES string of the molecule is CNC(=O)C(=O)[C@H](C[C@@H]1CCNC1=O)NC(=O)c1cc(Cl)ccc1NC(=O)OC. The summed E-state index contributed by atoms with van der Waals surface area (Å²) in [4.78, 5) is 60.5. The molecule has 1 saturated heterocycles. The highest BCUT2D eigenvalue weighted by atomic mass is 35.5. The van der Waals surface area contributed by atoms with E-state index in [0.717, 1.165) is 7.11 Å². The average Bonchev–Trinajstić information content (AvgIpc) is 3.11. The molecule has 1 aliphatic rings. The van der Waals surface area contributed by atoms with Crippen molar-refractivity contribution in [3.05, 3.63) is 28.8 Å². The van der Waals surface area contributed by atoms with Crippen LogP contribution in [0.3, 0.4) is 0 Å². The van der Waals surface area contributed by atoms with Crippen molar-refractivity contribution < 1.29 is 28.7 Å². The summed E-state index contributed by atoms with van der Waals surface area (Å²) in [7, 11) is 2.45. The van der Waals surface area contributed by atoms with Gasteiger partial charge in [-0.3, -0.25) is 24.5 Å². The van der Waals surface area contributed by atoms with Crippen LogP contribution in [-0.4, -0.2) is 56.3 Å². The van der Waals surface area contributed by atoms with E-state index in [2.05, 4.69) is 26.0 Å². The molecule has 29 heavy (non-hydrogen) atoms. The van der Waals surface area contributed by atoms with Gasteiger partial charge in [-0.25, -0.2) is 4.79 Å². The molecule has 2 rings (SSSR count). The molecular weight excluding hydrogens is 404 g/mol. The summed E-state index contributed by atoms with van der Waals surface area (Å²) < 4.78 is 4.52. The second-order valence-electron chi connectivity index (χ2n) is 6.29. The summed E-state index contributed by atoms with van der Waals surface area (Å²) in [5.41, 5.74) is 0.0666. The van der Waals surface area contributed by atoms with E-state index >= 15 is 0 Å². The zero-order chi connectivity index (χ0) is 21.6. The van der Waals surface area contributed by atoms with Gasteiger partial charge in [0.15, 0.2) is 0 Å². The maximum Gasteiger partial charge on any atom is 0.411 e. The lowest BCUT2D eigenvalue weighted by molar-refractivity contribution is -0.139. The fourth-order valence-corrected chi connectivity index (χ4v) is 3.05. The number of ketones is 1. The van der Waals surface area contributed by atoms with Crippen LogP contribution in [0.5, 0.6) is 0 Å². The molecule has 0 bridgehead atoms. The first kappa shape index (κ1) is 22.2. The molecule has 2 atom stereocenters. The number of carbonyl (C=O) groups is 5. The van der Waals surface area contributed by atoms with Crippen LogP contribution >= 0.6 is 11.6 Å². The third-order valence-electron chi connectivity index (χ3n) is 4.40. The van der Waals surface area contributed by atoms with Gasteiger partial charge in [0, 0.05) is 24.5 Å². The van der Waals surface area contributed by atoms with Crippen LogP contribution in [0.1, 0.15) is 23.2 Å². The maximum atomic E-state index is 12.8. The molecule has 1 aromatic rings. The molecule has 0 aromatic heterocycles. The van der Waals surface area contributed by atoms with Gasteiger partial charge in [0.05, 0.1) is 24.4 Å². The van der Waals surface area contributed by atoms with Gasteiger partial charge in [-0.2, -0.15) is 0 Å². The number of anilines is 1.